The topological polar surface area (TPSA) is 27.1 Å². The third-order valence-corrected chi connectivity index (χ3v) is 4.46. The Bertz CT molecular complexity index is 1130. The van der Waals surface area contributed by atoms with Crippen molar-refractivity contribution in [3.8, 4) is 11.4 Å². The molecule has 0 atom stereocenters. The molecule has 0 bridgehead atoms. The van der Waals surface area contributed by atoms with E-state index in [9.17, 15) is 13.2 Å². The van der Waals surface area contributed by atoms with Crippen LogP contribution in [0.2, 0.25) is 5.15 Å². The minimum Gasteiger partial charge on any atom is -0.403 e. The van der Waals surface area contributed by atoms with Crippen molar-refractivity contribution in [2.75, 3.05) is 0 Å². The average Bonchev–Trinajstić information content (AvgIpc) is 3.01. The molecule has 0 aliphatic heterocycles. The Kier molecular flexibility index (Phi) is 3.80. The van der Waals surface area contributed by atoms with Crippen molar-refractivity contribution >= 4 is 33.4 Å². The molecule has 0 saturated carbocycles. The molecule has 7 heteroatoms. The lowest BCUT2D eigenvalue weighted by Crippen LogP contribution is -2.17. The standard InChI is InChI=1S/C19H12ClF3N2O/c1-11-5-2-3-7-14(11)25-10-9-13-17(25)12-6-4-8-15(26-19(21,22)23)16(12)24-18(13)20/h2-10H,1H3. The first kappa shape index (κ1) is 16.7. The van der Waals surface area contributed by atoms with E-state index in [2.05, 4.69) is 9.72 Å². The van der Waals surface area contributed by atoms with Crippen molar-refractivity contribution in [3.05, 3.63) is 65.4 Å². The molecule has 0 amide bonds. The van der Waals surface area contributed by atoms with Crippen LogP contribution in [0, 0.1) is 6.92 Å². The van der Waals surface area contributed by atoms with Gasteiger partial charge in [-0.2, -0.15) is 0 Å². The molecule has 0 N–H and O–H groups in total. The summed E-state index contributed by atoms with van der Waals surface area (Å²) < 4.78 is 44.2. The fourth-order valence-electron chi connectivity index (χ4n) is 3.10. The minimum absolute atomic E-state index is 0.0656. The quantitative estimate of drug-likeness (QED) is 0.399. The van der Waals surface area contributed by atoms with Gasteiger partial charge in [-0.15, -0.1) is 13.2 Å². The van der Waals surface area contributed by atoms with Gasteiger partial charge in [-0.05, 0) is 30.7 Å². The van der Waals surface area contributed by atoms with Crippen LogP contribution >= 0.6 is 11.6 Å². The average molecular weight is 377 g/mol. The van der Waals surface area contributed by atoms with E-state index in [4.69, 9.17) is 11.6 Å². The molecule has 0 spiro atoms. The maximum absolute atomic E-state index is 12.7. The molecule has 0 unspecified atom stereocenters. The van der Waals surface area contributed by atoms with Gasteiger partial charge in [0.2, 0.25) is 0 Å². The number of aryl methyl sites for hydroxylation is 1. The monoisotopic (exact) mass is 376 g/mol. The number of pyridine rings is 1. The molecule has 2 aromatic heterocycles. The van der Waals surface area contributed by atoms with Gasteiger partial charge in [0, 0.05) is 22.7 Å². The third kappa shape index (κ3) is 2.76. The predicted molar refractivity (Wildman–Crippen MR) is 95.0 cm³/mol. The Labute approximate surface area is 151 Å². The summed E-state index contributed by atoms with van der Waals surface area (Å²) >= 11 is 6.26. The predicted octanol–water partition coefficient (Wildman–Crippen LogP) is 6.04. The Morgan fingerprint density at radius 2 is 1.77 bits per heavy atom. The number of halogens is 4. The van der Waals surface area contributed by atoms with E-state index < -0.39 is 6.36 Å². The molecule has 0 fully saturated rings. The SMILES string of the molecule is Cc1ccccc1-n1ccc2c(Cl)nc3c(OC(F)(F)F)cccc3c21. The van der Waals surface area contributed by atoms with Crippen LogP contribution < -0.4 is 4.74 Å². The summed E-state index contributed by atoms with van der Waals surface area (Å²) in [6.45, 7) is 1.96. The van der Waals surface area contributed by atoms with E-state index >= 15 is 0 Å². The van der Waals surface area contributed by atoms with Crippen LogP contribution in [0.4, 0.5) is 13.2 Å². The molecular formula is C19H12ClF3N2O. The van der Waals surface area contributed by atoms with Gasteiger partial charge in [-0.1, -0.05) is 41.9 Å². The number of hydrogen-bond acceptors (Lipinski definition) is 2. The lowest BCUT2D eigenvalue weighted by Gasteiger charge is -2.14. The second-order valence-electron chi connectivity index (χ2n) is 5.84. The summed E-state index contributed by atoms with van der Waals surface area (Å²) in [6.07, 6.45) is -2.98. The van der Waals surface area contributed by atoms with Crippen LogP contribution in [-0.4, -0.2) is 15.9 Å². The van der Waals surface area contributed by atoms with E-state index in [1.54, 1.807) is 12.1 Å². The van der Waals surface area contributed by atoms with Gasteiger partial charge in [0.25, 0.3) is 0 Å². The van der Waals surface area contributed by atoms with Crippen molar-refractivity contribution < 1.29 is 17.9 Å². The summed E-state index contributed by atoms with van der Waals surface area (Å²) in [5, 5.41) is 1.31. The minimum atomic E-state index is -4.81. The van der Waals surface area contributed by atoms with E-state index in [0.29, 0.717) is 16.3 Å². The van der Waals surface area contributed by atoms with Crippen molar-refractivity contribution in [2.24, 2.45) is 0 Å². The van der Waals surface area contributed by atoms with Crippen LogP contribution in [0.5, 0.6) is 5.75 Å². The van der Waals surface area contributed by atoms with Gasteiger partial charge in [-0.3, -0.25) is 0 Å². The van der Waals surface area contributed by atoms with Gasteiger partial charge < -0.3 is 9.30 Å². The van der Waals surface area contributed by atoms with Crippen LogP contribution in [0.25, 0.3) is 27.5 Å². The Hall–Kier alpha value is -2.73. The third-order valence-electron chi connectivity index (χ3n) is 4.17. The highest BCUT2D eigenvalue weighted by atomic mass is 35.5. The fraction of sp³-hybridized carbons (Fsp3) is 0.105. The zero-order valence-electron chi connectivity index (χ0n) is 13.5. The van der Waals surface area contributed by atoms with Crippen LogP contribution in [0.15, 0.2) is 54.7 Å². The summed E-state index contributed by atoms with van der Waals surface area (Å²) in [5.74, 6) is -0.378. The Morgan fingerprint density at radius 3 is 2.50 bits per heavy atom. The number of aromatic nitrogens is 2. The van der Waals surface area contributed by atoms with Gasteiger partial charge in [-0.25, -0.2) is 4.98 Å². The number of alkyl halides is 3. The molecule has 0 radical (unpaired) electrons. The van der Waals surface area contributed by atoms with Crippen molar-refractivity contribution in [3.63, 3.8) is 0 Å². The number of hydrogen-bond donors (Lipinski definition) is 0. The first-order valence-corrected chi connectivity index (χ1v) is 8.14. The smallest absolute Gasteiger partial charge is 0.403 e. The van der Waals surface area contributed by atoms with E-state index in [-0.39, 0.29) is 16.4 Å². The molecule has 26 heavy (non-hydrogen) atoms. The van der Waals surface area contributed by atoms with Crippen LogP contribution in [0.3, 0.4) is 0 Å². The zero-order valence-corrected chi connectivity index (χ0v) is 14.3. The highest BCUT2D eigenvalue weighted by molar-refractivity contribution is 6.35. The van der Waals surface area contributed by atoms with E-state index in [0.717, 1.165) is 11.3 Å². The van der Waals surface area contributed by atoms with Gasteiger partial charge in [0.15, 0.2) is 5.75 Å². The van der Waals surface area contributed by atoms with Gasteiger partial charge in [0.05, 0.1) is 5.52 Å². The second-order valence-corrected chi connectivity index (χ2v) is 6.20. The number of fused-ring (bicyclic) bond motifs is 3. The second kappa shape index (κ2) is 5.92. The van der Waals surface area contributed by atoms with Crippen LogP contribution in [-0.2, 0) is 0 Å². The number of para-hydroxylation sites is 2. The molecule has 4 rings (SSSR count). The van der Waals surface area contributed by atoms with Crippen molar-refractivity contribution in [1.29, 1.82) is 0 Å². The first-order valence-electron chi connectivity index (χ1n) is 7.76. The van der Waals surface area contributed by atoms with Crippen molar-refractivity contribution in [1.82, 2.24) is 9.55 Å². The van der Waals surface area contributed by atoms with Gasteiger partial charge >= 0.3 is 6.36 Å². The first-order chi connectivity index (χ1) is 12.3. The number of ether oxygens (including phenoxy) is 1. The molecule has 0 aliphatic rings. The normalized spacial score (nSPS) is 12.0. The lowest BCUT2D eigenvalue weighted by molar-refractivity contribution is -0.274. The maximum atomic E-state index is 12.7. The van der Waals surface area contributed by atoms with Crippen molar-refractivity contribution in [2.45, 2.75) is 13.3 Å². The van der Waals surface area contributed by atoms with Gasteiger partial charge in [0.1, 0.15) is 10.7 Å². The summed E-state index contributed by atoms with van der Waals surface area (Å²) in [5.41, 5.74) is 2.68. The van der Waals surface area contributed by atoms with E-state index in [1.165, 1.54) is 12.1 Å². The molecule has 132 valence electrons. The van der Waals surface area contributed by atoms with E-state index in [1.807, 2.05) is 42.0 Å². The molecule has 4 aromatic rings. The maximum Gasteiger partial charge on any atom is 0.573 e. The Balaban J connectivity index is 2.08. The summed E-state index contributed by atoms with van der Waals surface area (Å²) in [6, 6.07) is 14.0. The van der Waals surface area contributed by atoms with Crippen LogP contribution in [0.1, 0.15) is 5.56 Å². The highest BCUT2D eigenvalue weighted by Crippen LogP contribution is 2.37. The Morgan fingerprint density at radius 1 is 1.00 bits per heavy atom. The number of benzene rings is 2. The molecule has 2 aromatic carbocycles. The fourth-order valence-corrected chi connectivity index (χ4v) is 3.34. The molecular weight excluding hydrogens is 365 g/mol. The highest BCUT2D eigenvalue weighted by Gasteiger charge is 2.32. The summed E-state index contributed by atoms with van der Waals surface area (Å²) in [4.78, 5) is 4.14. The number of rotatable bonds is 2. The molecule has 0 saturated heterocycles. The number of nitrogens with zero attached hydrogens (tertiary/aromatic N) is 2. The largest absolute Gasteiger partial charge is 0.573 e. The summed E-state index contributed by atoms with van der Waals surface area (Å²) in [7, 11) is 0. The zero-order chi connectivity index (χ0) is 18.5. The lowest BCUT2D eigenvalue weighted by atomic mass is 10.1. The molecule has 2 heterocycles. The molecule has 3 nitrogen and oxygen atoms in total. The molecule has 0 aliphatic carbocycles.